The molecule has 48 heavy (non-hydrogen) atoms. The highest BCUT2D eigenvalue weighted by Gasteiger charge is 2.47. The van der Waals surface area contributed by atoms with Crippen molar-refractivity contribution in [1.29, 1.82) is 0 Å². The molecule has 18 nitrogen and oxygen atoms in total. The van der Waals surface area contributed by atoms with Gasteiger partial charge in [-0.3, -0.25) is 9.59 Å². The summed E-state index contributed by atoms with van der Waals surface area (Å²) in [6, 6.07) is 9.12. The van der Waals surface area contributed by atoms with Gasteiger partial charge in [-0.2, -0.15) is 0 Å². The van der Waals surface area contributed by atoms with Crippen molar-refractivity contribution >= 4 is 22.9 Å². The van der Waals surface area contributed by atoms with Crippen LogP contribution in [0.2, 0.25) is 0 Å². The molecule has 260 valence electrons. The Labute approximate surface area is 269 Å². The first kappa shape index (κ1) is 35.0. The Hall–Kier alpha value is -4.37. The number of rotatable bonds is 10. The largest absolute Gasteiger partial charge is 0.508 e. The van der Waals surface area contributed by atoms with Crippen molar-refractivity contribution in [3.63, 3.8) is 0 Å². The highest BCUT2D eigenvalue weighted by Crippen LogP contribution is 2.42. The zero-order chi connectivity index (χ0) is 34.9. The summed E-state index contributed by atoms with van der Waals surface area (Å²) in [6.45, 7) is -1.46. The van der Waals surface area contributed by atoms with Gasteiger partial charge < -0.3 is 74.7 Å². The zero-order valence-electron chi connectivity index (χ0n) is 24.7. The van der Waals surface area contributed by atoms with E-state index in [4.69, 9.17) is 33.2 Å². The van der Waals surface area contributed by atoms with Crippen molar-refractivity contribution in [3.05, 3.63) is 42.5 Å². The van der Waals surface area contributed by atoms with Crippen molar-refractivity contribution in [2.75, 3.05) is 13.2 Å². The molecule has 0 aliphatic carbocycles. The van der Waals surface area contributed by atoms with Gasteiger partial charge in [0.1, 0.15) is 84.5 Å². The maximum absolute atomic E-state index is 11.7. The number of fused-ring (bicyclic) bond motifs is 1. The number of carboxylic acid groups (broad SMARTS) is 1. The Morgan fingerprint density at radius 2 is 1.31 bits per heavy atom. The minimum absolute atomic E-state index is 0.0239. The number of ether oxygens (including phenoxy) is 5. The van der Waals surface area contributed by atoms with Crippen molar-refractivity contribution in [2.24, 2.45) is 0 Å². The minimum atomic E-state index is -1.90. The molecule has 3 heterocycles. The third-order valence-corrected chi connectivity index (χ3v) is 7.64. The van der Waals surface area contributed by atoms with Gasteiger partial charge in [0, 0.05) is 12.1 Å². The summed E-state index contributed by atoms with van der Waals surface area (Å²) in [6.07, 6.45) is -18.1. The molecule has 0 radical (unpaired) electrons. The number of aliphatic carboxylic acids is 1. The fourth-order valence-corrected chi connectivity index (χ4v) is 5.09. The van der Waals surface area contributed by atoms with Crippen LogP contribution in [0.25, 0.3) is 22.3 Å². The van der Waals surface area contributed by atoms with Crippen molar-refractivity contribution in [3.8, 4) is 34.3 Å². The van der Waals surface area contributed by atoms with Crippen LogP contribution >= 0.6 is 0 Å². The van der Waals surface area contributed by atoms with E-state index in [1.807, 2.05) is 0 Å². The number of aromatic hydroxyl groups is 2. The number of hydrogen-bond donors (Lipinski definition) is 10. The standard InChI is InChI=1S/C30H32O18/c31-9-18-22(37)24(39)26(41)30(47-18)46-17-7-14-15(44-28(17)11-1-3-12(32)4-2-11)5-13(33)6-16(14)45-29-27(42)25(40)23(38)19(48-29)10-43-21(36)8-20(34)35/h1-7,18-19,22-27,29-31,37-42H,8-10H2,(H2-,32,33,34,35)/p+1. The molecular weight excluding hydrogens is 648 g/mol. The molecule has 2 aliphatic heterocycles. The summed E-state index contributed by atoms with van der Waals surface area (Å²) in [4.78, 5) is 22.5. The van der Waals surface area contributed by atoms with Gasteiger partial charge in [0.15, 0.2) is 0 Å². The summed E-state index contributed by atoms with van der Waals surface area (Å²) in [5, 5.41) is 101. The molecule has 0 saturated carbocycles. The van der Waals surface area contributed by atoms with E-state index in [1.165, 1.54) is 36.4 Å². The molecule has 10 atom stereocenters. The van der Waals surface area contributed by atoms with Crippen molar-refractivity contribution in [2.45, 2.75) is 67.8 Å². The lowest BCUT2D eigenvalue weighted by Crippen LogP contribution is -2.60. The van der Waals surface area contributed by atoms with Crippen LogP contribution in [0.5, 0.6) is 23.0 Å². The van der Waals surface area contributed by atoms with Crippen molar-refractivity contribution < 1.29 is 88.8 Å². The van der Waals surface area contributed by atoms with E-state index >= 15 is 0 Å². The number of esters is 1. The van der Waals surface area contributed by atoms with Crippen LogP contribution in [-0.4, -0.2) is 138 Å². The van der Waals surface area contributed by atoms with Crippen LogP contribution in [0.15, 0.2) is 46.9 Å². The first-order valence-electron chi connectivity index (χ1n) is 14.4. The summed E-state index contributed by atoms with van der Waals surface area (Å²) in [5.41, 5.74) is 0.253. The van der Waals surface area contributed by atoms with Gasteiger partial charge in [-0.25, -0.2) is 4.42 Å². The van der Waals surface area contributed by atoms with Crippen LogP contribution in [0.1, 0.15) is 6.42 Å². The second-order valence-corrected chi connectivity index (χ2v) is 11.0. The van der Waals surface area contributed by atoms with Gasteiger partial charge in [-0.1, -0.05) is 0 Å². The predicted octanol–water partition coefficient (Wildman–Crippen LogP) is -1.82. The Bertz CT molecular complexity index is 1610. The molecule has 2 aliphatic rings. The Morgan fingerprint density at radius 1 is 0.729 bits per heavy atom. The lowest BCUT2D eigenvalue weighted by atomic mass is 9.99. The molecule has 1 aromatic heterocycles. The maximum Gasteiger partial charge on any atom is 0.402 e. The van der Waals surface area contributed by atoms with Crippen LogP contribution in [0.3, 0.4) is 0 Å². The number of phenolic OH excluding ortho intramolecular Hbond substituents is 2. The number of phenols is 2. The Kier molecular flexibility index (Phi) is 10.5. The van der Waals surface area contributed by atoms with E-state index in [2.05, 4.69) is 0 Å². The normalized spacial score (nSPS) is 30.5. The van der Waals surface area contributed by atoms with Crippen LogP contribution in [-0.2, 0) is 23.8 Å². The average molecular weight is 682 g/mol. The number of carboxylic acids is 1. The number of aliphatic hydroxyl groups excluding tert-OH is 7. The number of carbonyl (C=O) groups is 2. The molecule has 0 spiro atoms. The quantitative estimate of drug-likeness (QED) is 0.0640. The number of aliphatic hydroxyl groups is 7. The van der Waals surface area contributed by atoms with E-state index in [0.29, 0.717) is 5.56 Å². The number of carbonyl (C=O) groups excluding carboxylic acids is 1. The molecular formula is C30H33O18+. The molecule has 0 bridgehead atoms. The van der Waals surface area contributed by atoms with Gasteiger partial charge in [-0.15, -0.1) is 0 Å². The molecule has 10 N–H and O–H groups in total. The third-order valence-electron chi connectivity index (χ3n) is 7.64. The number of benzene rings is 2. The lowest BCUT2D eigenvalue weighted by Gasteiger charge is -2.40. The van der Waals surface area contributed by atoms with E-state index in [9.17, 15) is 55.5 Å². The Morgan fingerprint density at radius 3 is 1.92 bits per heavy atom. The second kappa shape index (κ2) is 14.4. The van der Waals surface area contributed by atoms with Gasteiger partial charge >= 0.3 is 23.3 Å². The topological polar surface area (TPSA) is 294 Å². The smallest absolute Gasteiger partial charge is 0.402 e. The SMILES string of the molecule is O=C(O)CC(=O)OCC1OC(Oc2cc(O)cc3[o+]c(-c4ccc(O)cc4)c(OC4OC(CO)C(O)C(O)C4O)cc23)C(O)C(O)C1O. The first-order chi connectivity index (χ1) is 22.8. The summed E-state index contributed by atoms with van der Waals surface area (Å²) in [5.74, 6) is -3.61. The van der Waals surface area contributed by atoms with E-state index in [0.717, 1.165) is 6.07 Å². The van der Waals surface area contributed by atoms with E-state index < -0.39 is 98.7 Å². The predicted molar refractivity (Wildman–Crippen MR) is 154 cm³/mol. The third kappa shape index (κ3) is 7.36. The molecule has 3 aromatic rings. The van der Waals surface area contributed by atoms with Crippen LogP contribution in [0, 0.1) is 0 Å². The maximum atomic E-state index is 11.7. The second-order valence-electron chi connectivity index (χ2n) is 11.0. The molecule has 2 aromatic carbocycles. The average Bonchev–Trinajstić information content (AvgIpc) is 3.04. The molecule has 0 amide bonds. The fraction of sp³-hybridized carbons (Fsp3) is 0.433. The molecule has 5 rings (SSSR count). The lowest BCUT2D eigenvalue weighted by molar-refractivity contribution is -0.278. The van der Waals surface area contributed by atoms with Gasteiger partial charge in [0.25, 0.3) is 0 Å². The minimum Gasteiger partial charge on any atom is -0.508 e. The molecule has 2 saturated heterocycles. The molecule has 2 fully saturated rings. The van der Waals surface area contributed by atoms with E-state index in [-0.39, 0.29) is 34.0 Å². The summed E-state index contributed by atoms with van der Waals surface area (Å²) >= 11 is 0. The van der Waals surface area contributed by atoms with Crippen LogP contribution in [0.4, 0.5) is 0 Å². The molecule has 18 heteroatoms. The highest BCUT2D eigenvalue weighted by molar-refractivity contribution is 5.90. The fourth-order valence-electron chi connectivity index (χ4n) is 5.09. The highest BCUT2D eigenvalue weighted by atomic mass is 16.7. The zero-order valence-corrected chi connectivity index (χ0v) is 24.7. The molecule has 10 unspecified atom stereocenters. The van der Waals surface area contributed by atoms with Crippen molar-refractivity contribution in [1.82, 2.24) is 0 Å². The van der Waals surface area contributed by atoms with Gasteiger partial charge in [0.2, 0.25) is 18.3 Å². The van der Waals surface area contributed by atoms with E-state index in [1.54, 1.807) is 0 Å². The summed E-state index contributed by atoms with van der Waals surface area (Å²) in [7, 11) is 0. The van der Waals surface area contributed by atoms with Gasteiger partial charge in [0.05, 0.1) is 18.2 Å². The first-order valence-corrected chi connectivity index (χ1v) is 14.4. The van der Waals surface area contributed by atoms with Gasteiger partial charge in [-0.05, 0) is 24.3 Å². The monoisotopic (exact) mass is 681 g/mol. The Balaban J connectivity index is 1.51. The number of hydrogen-bond acceptors (Lipinski definition) is 16. The summed E-state index contributed by atoms with van der Waals surface area (Å²) < 4.78 is 33.6. The van der Waals surface area contributed by atoms with Crippen LogP contribution < -0.4 is 9.47 Å².